The van der Waals surface area contributed by atoms with Gasteiger partial charge in [-0.15, -0.1) is 0 Å². The summed E-state index contributed by atoms with van der Waals surface area (Å²) < 4.78 is 5.57. The Kier molecular flexibility index (Phi) is 2.51. The van der Waals surface area contributed by atoms with Gasteiger partial charge in [-0.25, -0.2) is 4.98 Å². The van der Waals surface area contributed by atoms with E-state index in [-0.39, 0.29) is 0 Å². The van der Waals surface area contributed by atoms with E-state index in [1.165, 1.54) is 37.8 Å². The minimum atomic E-state index is 0.662. The van der Waals surface area contributed by atoms with Crippen LogP contribution in [0.1, 0.15) is 49.5 Å². The summed E-state index contributed by atoms with van der Waals surface area (Å²) in [6, 6.07) is 0. The van der Waals surface area contributed by atoms with E-state index in [0.717, 1.165) is 35.9 Å². The predicted octanol–water partition coefficient (Wildman–Crippen LogP) is 2.72. The highest BCUT2D eigenvalue weighted by molar-refractivity contribution is 5.20. The molecule has 0 aliphatic heterocycles. The molecule has 18 heavy (non-hydrogen) atoms. The maximum atomic E-state index is 5.68. The topological polar surface area (TPSA) is 52.0 Å². The number of hydrogen-bond acceptors (Lipinski definition) is 3. The average molecular weight is 246 g/mol. The summed E-state index contributed by atoms with van der Waals surface area (Å²) in [5, 5.41) is 0. The molecule has 0 saturated heterocycles. The highest BCUT2D eigenvalue weighted by Gasteiger charge is 2.49. The van der Waals surface area contributed by atoms with E-state index in [9.17, 15) is 0 Å². The van der Waals surface area contributed by atoms with Gasteiger partial charge in [-0.3, -0.25) is 0 Å². The molecule has 4 bridgehead atoms. The summed E-state index contributed by atoms with van der Waals surface area (Å²) in [5.41, 5.74) is 6.93. The summed E-state index contributed by atoms with van der Waals surface area (Å²) >= 11 is 0. The highest BCUT2D eigenvalue weighted by Crippen LogP contribution is 2.59. The van der Waals surface area contributed by atoms with Crippen molar-refractivity contribution in [2.24, 2.45) is 29.4 Å². The largest absolute Gasteiger partial charge is 0.448 e. The van der Waals surface area contributed by atoms with Gasteiger partial charge < -0.3 is 10.2 Å². The van der Waals surface area contributed by atoms with E-state index in [4.69, 9.17) is 10.2 Å². The minimum Gasteiger partial charge on any atom is -0.448 e. The van der Waals surface area contributed by atoms with Crippen LogP contribution in [-0.4, -0.2) is 11.5 Å². The lowest BCUT2D eigenvalue weighted by molar-refractivity contribution is -0.00455. The lowest BCUT2D eigenvalue weighted by Crippen LogP contribution is -2.44. The molecule has 98 valence electrons. The molecule has 2 N–H and O–H groups in total. The molecule has 0 aromatic carbocycles. The number of oxazole rings is 1. The Labute approximate surface area is 108 Å². The summed E-state index contributed by atoms with van der Waals surface area (Å²) in [6.45, 7) is 0.662. The molecular weight excluding hydrogens is 224 g/mol. The quantitative estimate of drug-likeness (QED) is 0.892. The van der Waals surface area contributed by atoms with Crippen LogP contribution in [0.5, 0.6) is 0 Å². The van der Waals surface area contributed by atoms with Crippen LogP contribution in [0.15, 0.2) is 10.8 Å². The smallest absolute Gasteiger partial charge is 0.181 e. The Balaban J connectivity index is 1.66. The summed E-state index contributed by atoms with van der Waals surface area (Å²) in [7, 11) is 0. The van der Waals surface area contributed by atoms with Crippen molar-refractivity contribution in [2.45, 2.75) is 44.4 Å². The van der Waals surface area contributed by atoms with Gasteiger partial charge in [-0.05, 0) is 62.3 Å². The Morgan fingerprint density at radius 3 is 2.39 bits per heavy atom. The van der Waals surface area contributed by atoms with Crippen molar-refractivity contribution in [3.63, 3.8) is 0 Å². The van der Waals surface area contributed by atoms with Gasteiger partial charge in [0.15, 0.2) is 6.39 Å². The summed E-state index contributed by atoms with van der Waals surface area (Å²) in [4.78, 5) is 4.56. The SMILES string of the molecule is NCCc1ocnc1C1C2CC3CC(C2)CC1C3. The third-order valence-corrected chi connectivity index (χ3v) is 5.59. The fraction of sp³-hybridized carbons (Fsp3) is 0.800. The molecule has 4 aliphatic carbocycles. The molecule has 1 aromatic rings. The molecule has 0 radical (unpaired) electrons. The second-order valence-corrected chi connectivity index (χ2v) is 6.66. The van der Waals surface area contributed by atoms with Crippen LogP contribution in [0.2, 0.25) is 0 Å². The third-order valence-electron chi connectivity index (χ3n) is 5.59. The molecule has 1 aromatic heterocycles. The van der Waals surface area contributed by atoms with Crippen LogP contribution in [0.4, 0.5) is 0 Å². The summed E-state index contributed by atoms with van der Waals surface area (Å²) in [6.07, 6.45) is 9.73. The van der Waals surface area contributed by atoms with Crippen molar-refractivity contribution in [2.75, 3.05) is 6.54 Å². The molecule has 3 nitrogen and oxygen atoms in total. The van der Waals surface area contributed by atoms with E-state index in [0.29, 0.717) is 12.5 Å². The Morgan fingerprint density at radius 2 is 1.78 bits per heavy atom. The van der Waals surface area contributed by atoms with Crippen LogP contribution < -0.4 is 5.73 Å². The number of rotatable bonds is 3. The van der Waals surface area contributed by atoms with Crippen LogP contribution in [0, 0.1) is 23.7 Å². The number of nitrogens with two attached hydrogens (primary N) is 1. The van der Waals surface area contributed by atoms with Crippen LogP contribution >= 0.6 is 0 Å². The molecule has 1 heterocycles. The number of hydrogen-bond donors (Lipinski definition) is 1. The normalized spacial score (nSPS) is 41.5. The van der Waals surface area contributed by atoms with Crippen molar-refractivity contribution in [1.82, 2.24) is 4.98 Å². The fourth-order valence-corrected chi connectivity index (χ4v) is 5.24. The van der Waals surface area contributed by atoms with Gasteiger partial charge in [0.1, 0.15) is 5.76 Å². The molecule has 4 saturated carbocycles. The zero-order chi connectivity index (χ0) is 12.1. The first-order chi connectivity index (χ1) is 8.85. The van der Waals surface area contributed by atoms with Gasteiger partial charge in [0.2, 0.25) is 0 Å². The second kappa shape index (κ2) is 4.09. The Bertz CT molecular complexity index is 411. The van der Waals surface area contributed by atoms with Gasteiger partial charge in [-0.2, -0.15) is 0 Å². The van der Waals surface area contributed by atoms with E-state index in [2.05, 4.69) is 4.98 Å². The molecule has 5 rings (SSSR count). The molecule has 4 aliphatic rings. The van der Waals surface area contributed by atoms with Gasteiger partial charge in [-0.1, -0.05) is 0 Å². The van der Waals surface area contributed by atoms with Crippen LogP contribution in [0.25, 0.3) is 0 Å². The standard InChI is InChI=1S/C15H22N2O/c16-2-1-13-15(17-8-18-13)14-11-4-9-3-10(6-11)7-12(14)5-9/h8-12,14H,1-7,16H2. The maximum absolute atomic E-state index is 5.68. The third kappa shape index (κ3) is 1.56. The average Bonchev–Trinajstić information content (AvgIpc) is 2.76. The van der Waals surface area contributed by atoms with E-state index >= 15 is 0 Å². The molecule has 0 unspecified atom stereocenters. The lowest BCUT2D eigenvalue weighted by Gasteiger charge is -2.54. The molecule has 0 atom stereocenters. The van der Waals surface area contributed by atoms with E-state index in [1.54, 1.807) is 6.39 Å². The highest BCUT2D eigenvalue weighted by atomic mass is 16.3. The first kappa shape index (κ1) is 11.0. The maximum Gasteiger partial charge on any atom is 0.181 e. The van der Waals surface area contributed by atoms with Gasteiger partial charge in [0.05, 0.1) is 5.69 Å². The number of nitrogens with zero attached hydrogens (tertiary/aromatic N) is 1. The first-order valence-corrected chi connectivity index (χ1v) is 7.47. The van der Waals surface area contributed by atoms with Crippen molar-refractivity contribution in [1.29, 1.82) is 0 Å². The molecule has 4 fully saturated rings. The first-order valence-electron chi connectivity index (χ1n) is 7.47. The minimum absolute atomic E-state index is 0.662. The monoisotopic (exact) mass is 246 g/mol. The molecule has 0 amide bonds. The van der Waals surface area contributed by atoms with Gasteiger partial charge in [0.25, 0.3) is 0 Å². The van der Waals surface area contributed by atoms with Crippen molar-refractivity contribution >= 4 is 0 Å². The molecule has 3 heteroatoms. The zero-order valence-corrected chi connectivity index (χ0v) is 10.8. The Morgan fingerprint density at radius 1 is 1.11 bits per heavy atom. The van der Waals surface area contributed by atoms with Gasteiger partial charge in [0, 0.05) is 12.3 Å². The van der Waals surface area contributed by atoms with E-state index < -0.39 is 0 Å². The predicted molar refractivity (Wildman–Crippen MR) is 69.0 cm³/mol. The summed E-state index contributed by atoms with van der Waals surface area (Å²) in [5.74, 6) is 5.54. The number of aromatic nitrogens is 1. The van der Waals surface area contributed by atoms with E-state index in [1.807, 2.05) is 0 Å². The van der Waals surface area contributed by atoms with Crippen molar-refractivity contribution in [3.8, 4) is 0 Å². The second-order valence-electron chi connectivity index (χ2n) is 6.66. The molecule has 0 spiro atoms. The van der Waals surface area contributed by atoms with Gasteiger partial charge >= 0.3 is 0 Å². The molecular formula is C15H22N2O. The van der Waals surface area contributed by atoms with Crippen molar-refractivity contribution < 1.29 is 4.42 Å². The van der Waals surface area contributed by atoms with Crippen LogP contribution in [0.3, 0.4) is 0 Å². The zero-order valence-electron chi connectivity index (χ0n) is 10.8. The Hall–Kier alpha value is -0.830. The lowest BCUT2D eigenvalue weighted by atomic mass is 9.51. The van der Waals surface area contributed by atoms with Crippen LogP contribution in [-0.2, 0) is 6.42 Å². The van der Waals surface area contributed by atoms with Crippen molar-refractivity contribution in [3.05, 3.63) is 17.8 Å². The fourth-order valence-electron chi connectivity index (χ4n) is 5.24.